The number of rotatable bonds is 6. The first-order valence-corrected chi connectivity index (χ1v) is 5.81. The number of hydrogen-bond acceptors (Lipinski definition) is 2. The van der Waals surface area contributed by atoms with Crippen LogP contribution in [0.4, 0.5) is 0 Å². The van der Waals surface area contributed by atoms with E-state index in [-0.39, 0.29) is 6.10 Å². The number of hydrogen-bond donors (Lipinski definition) is 1. The molecule has 0 aromatic rings. The standard InChI is InChI=1S/C10H18ClNO/c11-5-10(13)7-12(9-3-4-9)6-8-1-2-8/h8-10,13H,1-7H2. The summed E-state index contributed by atoms with van der Waals surface area (Å²) in [5.74, 6) is 1.29. The molecule has 0 heterocycles. The first-order chi connectivity index (χ1) is 6.29. The van der Waals surface area contributed by atoms with Gasteiger partial charge in [0, 0.05) is 25.0 Å². The largest absolute Gasteiger partial charge is 0.391 e. The van der Waals surface area contributed by atoms with E-state index in [0.717, 1.165) is 18.5 Å². The highest BCUT2D eigenvalue weighted by atomic mass is 35.5. The molecule has 1 unspecified atom stereocenters. The van der Waals surface area contributed by atoms with Crippen LogP contribution in [-0.2, 0) is 0 Å². The summed E-state index contributed by atoms with van der Waals surface area (Å²) in [5, 5.41) is 9.46. The summed E-state index contributed by atoms with van der Waals surface area (Å²) < 4.78 is 0. The Morgan fingerprint density at radius 3 is 2.46 bits per heavy atom. The number of nitrogens with zero attached hydrogens (tertiary/aromatic N) is 1. The van der Waals surface area contributed by atoms with Crippen molar-refractivity contribution in [2.24, 2.45) is 5.92 Å². The third kappa shape index (κ3) is 3.12. The van der Waals surface area contributed by atoms with Gasteiger partial charge in [0.15, 0.2) is 0 Å². The van der Waals surface area contributed by atoms with Gasteiger partial charge in [-0.25, -0.2) is 0 Å². The molecule has 0 spiro atoms. The van der Waals surface area contributed by atoms with Crippen LogP contribution >= 0.6 is 11.6 Å². The molecule has 2 aliphatic rings. The summed E-state index contributed by atoms with van der Waals surface area (Å²) in [4.78, 5) is 2.44. The molecule has 0 aliphatic heterocycles. The van der Waals surface area contributed by atoms with Gasteiger partial charge in [-0.3, -0.25) is 4.90 Å². The van der Waals surface area contributed by atoms with Gasteiger partial charge in [-0.15, -0.1) is 11.6 Å². The van der Waals surface area contributed by atoms with E-state index in [4.69, 9.17) is 11.6 Å². The number of alkyl halides is 1. The van der Waals surface area contributed by atoms with Crippen molar-refractivity contribution >= 4 is 11.6 Å². The van der Waals surface area contributed by atoms with Crippen molar-refractivity contribution in [2.45, 2.75) is 37.8 Å². The minimum atomic E-state index is -0.332. The summed E-state index contributed by atoms with van der Waals surface area (Å²) >= 11 is 5.60. The van der Waals surface area contributed by atoms with Crippen LogP contribution < -0.4 is 0 Å². The van der Waals surface area contributed by atoms with E-state index in [2.05, 4.69) is 4.90 Å². The minimum absolute atomic E-state index is 0.332. The Bertz CT molecular complexity index is 168. The number of aliphatic hydroxyl groups excluding tert-OH is 1. The maximum absolute atomic E-state index is 9.46. The van der Waals surface area contributed by atoms with Gasteiger partial charge in [-0.1, -0.05) is 0 Å². The summed E-state index contributed by atoms with van der Waals surface area (Å²) in [6.45, 7) is 1.98. The van der Waals surface area contributed by atoms with Crippen LogP contribution in [0.15, 0.2) is 0 Å². The van der Waals surface area contributed by atoms with Crippen molar-refractivity contribution in [3.63, 3.8) is 0 Å². The molecule has 2 nitrogen and oxygen atoms in total. The fraction of sp³-hybridized carbons (Fsp3) is 1.00. The average Bonchev–Trinajstić information content (AvgIpc) is 2.96. The molecule has 2 rings (SSSR count). The van der Waals surface area contributed by atoms with E-state index in [1.807, 2.05) is 0 Å². The Kier molecular flexibility index (Phi) is 3.12. The van der Waals surface area contributed by atoms with Crippen molar-refractivity contribution < 1.29 is 5.11 Å². The molecular formula is C10H18ClNO. The molecule has 0 bridgehead atoms. The average molecular weight is 204 g/mol. The topological polar surface area (TPSA) is 23.5 Å². The molecule has 0 saturated heterocycles. The SMILES string of the molecule is OC(CCl)CN(CC1CC1)C1CC1. The fourth-order valence-corrected chi connectivity index (χ4v) is 1.86. The maximum Gasteiger partial charge on any atom is 0.0802 e. The van der Waals surface area contributed by atoms with E-state index in [9.17, 15) is 5.11 Å². The van der Waals surface area contributed by atoms with E-state index in [0.29, 0.717) is 5.88 Å². The van der Waals surface area contributed by atoms with E-state index >= 15 is 0 Å². The van der Waals surface area contributed by atoms with Gasteiger partial charge in [0.2, 0.25) is 0 Å². The second-order valence-electron chi connectivity index (χ2n) is 4.44. The highest BCUT2D eigenvalue weighted by molar-refractivity contribution is 6.18. The van der Waals surface area contributed by atoms with Crippen molar-refractivity contribution in [3.05, 3.63) is 0 Å². The maximum atomic E-state index is 9.46. The zero-order valence-corrected chi connectivity index (χ0v) is 8.71. The van der Waals surface area contributed by atoms with Crippen LogP contribution in [-0.4, -0.2) is 41.1 Å². The van der Waals surface area contributed by atoms with Gasteiger partial charge in [-0.05, 0) is 31.6 Å². The molecular weight excluding hydrogens is 186 g/mol. The van der Waals surface area contributed by atoms with Crippen LogP contribution in [0.2, 0.25) is 0 Å². The Balaban J connectivity index is 1.74. The molecule has 13 heavy (non-hydrogen) atoms. The van der Waals surface area contributed by atoms with Crippen LogP contribution in [0.1, 0.15) is 25.7 Å². The third-order valence-electron chi connectivity index (χ3n) is 2.88. The summed E-state index contributed by atoms with van der Waals surface area (Å²) in [5.41, 5.74) is 0. The van der Waals surface area contributed by atoms with Crippen LogP contribution in [0, 0.1) is 5.92 Å². The number of halogens is 1. The molecule has 3 heteroatoms. The highest BCUT2D eigenvalue weighted by Gasteiger charge is 2.34. The summed E-state index contributed by atoms with van der Waals surface area (Å²) in [6.07, 6.45) is 5.09. The third-order valence-corrected chi connectivity index (χ3v) is 3.23. The monoisotopic (exact) mass is 203 g/mol. The normalized spacial score (nSPS) is 25.2. The molecule has 0 aromatic carbocycles. The van der Waals surface area contributed by atoms with Gasteiger partial charge in [0.1, 0.15) is 0 Å². The zero-order chi connectivity index (χ0) is 9.26. The smallest absolute Gasteiger partial charge is 0.0802 e. The van der Waals surface area contributed by atoms with E-state index < -0.39 is 0 Å². The molecule has 2 fully saturated rings. The van der Waals surface area contributed by atoms with Crippen LogP contribution in [0.3, 0.4) is 0 Å². The molecule has 2 saturated carbocycles. The molecule has 1 atom stereocenters. The Morgan fingerprint density at radius 2 is 2.00 bits per heavy atom. The predicted molar refractivity (Wildman–Crippen MR) is 54.0 cm³/mol. The first-order valence-electron chi connectivity index (χ1n) is 5.27. The molecule has 1 N–H and O–H groups in total. The Labute approximate surface area is 84.9 Å². The van der Waals surface area contributed by atoms with Gasteiger partial charge < -0.3 is 5.11 Å². The molecule has 2 aliphatic carbocycles. The second-order valence-corrected chi connectivity index (χ2v) is 4.75. The quantitative estimate of drug-likeness (QED) is 0.661. The van der Waals surface area contributed by atoms with Crippen molar-refractivity contribution in [1.82, 2.24) is 4.90 Å². The Hall–Kier alpha value is 0.210. The van der Waals surface area contributed by atoms with Gasteiger partial charge >= 0.3 is 0 Å². The minimum Gasteiger partial charge on any atom is -0.391 e. The lowest BCUT2D eigenvalue weighted by atomic mass is 10.3. The van der Waals surface area contributed by atoms with E-state index in [1.165, 1.54) is 32.2 Å². The molecule has 76 valence electrons. The van der Waals surface area contributed by atoms with Crippen molar-refractivity contribution in [2.75, 3.05) is 19.0 Å². The van der Waals surface area contributed by atoms with Crippen molar-refractivity contribution in [3.8, 4) is 0 Å². The summed E-state index contributed by atoms with van der Waals surface area (Å²) in [7, 11) is 0. The first kappa shape index (κ1) is 9.75. The Morgan fingerprint density at radius 1 is 1.31 bits per heavy atom. The van der Waals surface area contributed by atoms with Gasteiger partial charge in [0.25, 0.3) is 0 Å². The van der Waals surface area contributed by atoms with Gasteiger partial charge in [0.05, 0.1) is 6.10 Å². The fourth-order valence-electron chi connectivity index (χ4n) is 1.76. The lowest BCUT2D eigenvalue weighted by Gasteiger charge is -2.23. The molecule has 0 aromatic heterocycles. The number of aliphatic hydroxyl groups is 1. The van der Waals surface area contributed by atoms with Crippen LogP contribution in [0.25, 0.3) is 0 Å². The second kappa shape index (κ2) is 4.16. The zero-order valence-electron chi connectivity index (χ0n) is 7.95. The lowest BCUT2D eigenvalue weighted by molar-refractivity contribution is 0.121. The summed E-state index contributed by atoms with van der Waals surface area (Å²) in [6, 6.07) is 0.762. The predicted octanol–water partition coefficient (Wildman–Crippen LogP) is 1.46. The van der Waals surface area contributed by atoms with Crippen LogP contribution in [0.5, 0.6) is 0 Å². The molecule has 0 amide bonds. The van der Waals surface area contributed by atoms with Crippen molar-refractivity contribution in [1.29, 1.82) is 0 Å². The lowest BCUT2D eigenvalue weighted by Crippen LogP contribution is -2.36. The van der Waals surface area contributed by atoms with E-state index in [1.54, 1.807) is 0 Å². The molecule has 0 radical (unpaired) electrons. The van der Waals surface area contributed by atoms with Gasteiger partial charge in [-0.2, -0.15) is 0 Å². The highest BCUT2D eigenvalue weighted by Crippen LogP contribution is 2.34.